The summed E-state index contributed by atoms with van der Waals surface area (Å²) >= 11 is 0. The smallest absolute Gasteiger partial charge is 0.306 e. The zero-order valence-corrected chi connectivity index (χ0v) is 24.7. The Balaban J connectivity index is 0.000000360. The van der Waals surface area contributed by atoms with Crippen molar-refractivity contribution in [3.8, 4) is 0 Å². The maximum atomic E-state index is 11.3. The topological polar surface area (TPSA) is 71.1 Å². The van der Waals surface area contributed by atoms with Crippen molar-refractivity contribution in [1.29, 1.82) is 0 Å². The van der Waals surface area contributed by atoms with Crippen LogP contribution in [0, 0.1) is 11.8 Å². The highest BCUT2D eigenvalue weighted by molar-refractivity contribution is 5.69. The van der Waals surface area contributed by atoms with E-state index in [1.165, 1.54) is 64.2 Å². The number of hydrogen-bond donors (Lipinski definition) is 0. The van der Waals surface area contributed by atoms with Crippen molar-refractivity contribution in [2.45, 2.75) is 156 Å². The standard InChI is InChI=1S/2C15H28O3/c1-5-14(16)17-11-15(3,4)18-12(2)13-9-7-6-8-10-13;1-5-14(16)18-15(3,4)11-17-12(2)13-9-7-6-8-10-13/h2*12-13H,5-11H2,1-4H3. The second-order valence-electron chi connectivity index (χ2n) is 12.0. The lowest BCUT2D eigenvalue weighted by Gasteiger charge is -2.34. The average molecular weight is 513 g/mol. The zero-order chi connectivity index (χ0) is 27.2. The Hall–Kier alpha value is -1.14. The van der Waals surface area contributed by atoms with E-state index in [0.717, 1.165) is 0 Å². The molecule has 6 heteroatoms. The fourth-order valence-corrected chi connectivity index (χ4v) is 5.08. The van der Waals surface area contributed by atoms with Gasteiger partial charge in [-0.1, -0.05) is 52.4 Å². The molecular weight excluding hydrogens is 456 g/mol. The number of ether oxygens (including phenoxy) is 4. The van der Waals surface area contributed by atoms with E-state index < -0.39 is 5.60 Å². The highest BCUT2D eigenvalue weighted by atomic mass is 16.6. The number of esters is 2. The van der Waals surface area contributed by atoms with Gasteiger partial charge in [0.1, 0.15) is 12.2 Å². The first-order chi connectivity index (χ1) is 16.9. The molecule has 0 N–H and O–H groups in total. The average Bonchev–Trinajstić information content (AvgIpc) is 2.86. The maximum Gasteiger partial charge on any atom is 0.306 e. The molecule has 2 fully saturated rings. The fraction of sp³-hybridized carbons (Fsp3) is 0.933. The molecule has 0 heterocycles. The Morgan fingerprint density at radius 3 is 1.64 bits per heavy atom. The van der Waals surface area contributed by atoms with Gasteiger partial charge in [-0.25, -0.2) is 0 Å². The van der Waals surface area contributed by atoms with Crippen molar-refractivity contribution in [1.82, 2.24) is 0 Å². The molecule has 0 saturated heterocycles. The largest absolute Gasteiger partial charge is 0.463 e. The highest BCUT2D eigenvalue weighted by Crippen LogP contribution is 2.30. The predicted octanol–water partition coefficient (Wildman–Crippen LogP) is 7.41. The van der Waals surface area contributed by atoms with Crippen LogP contribution in [0.3, 0.4) is 0 Å². The molecule has 2 aliphatic carbocycles. The summed E-state index contributed by atoms with van der Waals surface area (Å²) in [5, 5.41) is 0. The van der Waals surface area contributed by atoms with Gasteiger partial charge >= 0.3 is 11.9 Å². The van der Waals surface area contributed by atoms with Gasteiger partial charge in [0.15, 0.2) is 0 Å². The summed E-state index contributed by atoms with van der Waals surface area (Å²) in [4.78, 5) is 22.5. The van der Waals surface area contributed by atoms with E-state index in [1.807, 2.05) is 34.6 Å². The monoisotopic (exact) mass is 512 g/mol. The number of carbonyl (C=O) groups excluding carboxylic acids is 2. The minimum absolute atomic E-state index is 0.156. The molecule has 2 saturated carbocycles. The third-order valence-electron chi connectivity index (χ3n) is 7.37. The zero-order valence-electron chi connectivity index (χ0n) is 24.7. The Labute approximate surface area is 221 Å². The molecule has 0 aromatic heterocycles. The second-order valence-corrected chi connectivity index (χ2v) is 12.0. The summed E-state index contributed by atoms with van der Waals surface area (Å²) in [7, 11) is 0. The lowest BCUT2D eigenvalue weighted by atomic mass is 9.85. The van der Waals surface area contributed by atoms with Crippen LogP contribution in [-0.4, -0.2) is 48.6 Å². The Morgan fingerprint density at radius 1 is 0.694 bits per heavy atom. The van der Waals surface area contributed by atoms with Gasteiger partial charge < -0.3 is 18.9 Å². The first-order valence-corrected chi connectivity index (χ1v) is 14.6. The molecule has 2 unspecified atom stereocenters. The minimum Gasteiger partial charge on any atom is -0.463 e. The molecule has 0 bridgehead atoms. The summed E-state index contributed by atoms with van der Waals surface area (Å²) in [6.07, 6.45) is 14.5. The molecule has 2 rings (SSSR count). The van der Waals surface area contributed by atoms with Crippen LogP contribution in [0.4, 0.5) is 0 Å². The van der Waals surface area contributed by atoms with Crippen LogP contribution in [0.2, 0.25) is 0 Å². The van der Waals surface area contributed by atoms with Crippen LogP contribution in [0.25, 0.3) is 0 Å². The van der Waals surface area contributed by atoms with Gasteiger partial charge in [0.05, 0.1) is 24.4 Å². The summed E-state index contributed by atoms with van der Waals surface area (Å²) in [6, 6.07) is 0. The summed E-state index contributed by atoms with van der Waals surface area (Å²) in [5.41, 5.74) is -0.905. The van der Waals surface area contributed by atoms with Gasteiger partial charge in [-0.15, -0.1) is 0 Å². The van der Waals surface area contributed by atoms with Crippen molar-refractivity contribution in [3.05, 3.63) is 0 Å². The van der Waals surface area contributed by atoms with Gasteiger partial charge in [0.2, 0.25) is 0 Å². The SMILES string of the molecule is CCC(=O)OC(C)(C)COC(C)C1CCCCC1.CCC(=O)OCC(C)(C)OC(C)C1CCCCC1. The molecule has 0 radical (unpaired) electrons. The molecule has 0 aromatic carbocycles. The second kappa shape index (κ2) is 16.7. The van der Waals surface area contributed by atoms with Gasteiger partial charge in [0, 0.05) is 12.8 Å². The quantitative estimate of drug-likeness (QED) is 0.254. The van der Waals surface area contributed by atoms with Crippen LogP contribution >= 0.6 is 0 Å². The Morgan fingerprint density at radius 2 is 1.17 bits per heavy atom. The molecule has 2 atom stereocenters. The van der Waals surface area contributed by atoms with Crippen molar-refractivity contribution in [2.75, 3.05) is 13.2 Å². The molecule has 0 spiro atoms. The Bertz CT molecular complexity index is 617. The molecule has 6 nitrogen and oxygen atoms in total. The number of hydrogen-bond acceptors (Lipinski definition) is 6. The van der Waals surface area contributed by atoms with E-state index in [9.17, 15) is 9.59 Å². The molecular formula is C30H56O6. The molecule has 2 aliphatic rings. The van der Waals surface area contributed by atoms with Crippen LogP contribution in [0.1, 0.15) is 132 Å². The maximum absolute atomic E-state index is 11.3. The van der Waals surface area contributed by atoms with E-state index in [-0.39, 0.29) is 29.7 Å². The summed E-state index contributed by atoms with van der Waals surface area (Å²) in [5.74, 6) is 1.03. The van der Waals surface area contributed by atoms with Crippen molar-refractivity contribution in [3.63, 3.8) is 0 Å². The van der Waals surface area contributed by atoms with Crippen LogP contribution < -0.4 is 0 Å². The summed E-state index contributed by atoms with van der Waals surface area (Å²) in [6.45, 7) is 16.6. The van der Waals surface area contributed by atoms with E-state index >= 15 is 0 Å². The summed E-state index contributed by atoms with van der Waals surface area (Å²) < 4.78 is 22.6. The predicted molar refractivity (Wildman–Crippen MR) is 145 cm³/mol. The number of rotatable bonds is 12. The van der Waals surface area contributed by atoms with Gasteiger partial charge in [-0.05, 0) is 79.1 Å². The van der Waals surface area contributed by atoms with Crippen LogP contribution in [0.5, 0.6) is 0 Å². The lowest BCUT2D eigenvalue weighted by molar-refractivity contribution is -0.165. The van der Waals surface area contributed by atoms with Crippen molar-refractivity contribution >= 4 is 11.9 Å². The van der Waals surface area contributed by atoms with E-state index in [1.54, 1.807) is 6.92 Å². The minimum atomic E-state index is -0.518. The first kappa shape index (κ1) is 32.9. The van der Waals surface area contributed by atoms with Gasteiger partial charge in [-0.2, -0.15) is 0 Å². The van der Waals surface area contributed by atoms with E-state index in [0.29, 0.717) is 37.9 Å². The Kier molecular flexibility index (Phi) is 15.2. The molecule has 0 aliphatic heterocycles. The third-order valence-corrected chi connectivity index (χ3v) is 7.37. The first-order valence-electron chi connectivity index (χ1n) is 14.6. The molecule has 0 amide bonds. The van der Waals surface area contributed by atoms with Gasteiger partial charge in [-0.3, -0.25) is 9.59 Å². The van der Waals surface area contributed by atoms with Crippen LogP contribution in [-0.2, 0) is 28.5 Å². The third kappa shape index (κ3) is 14.0. The van der Waals surface area contributed by atoms with Crippen molar-refractivity contribution in [2.24, 2.45) is 11.8 Å². The molecule has 212 valence electrons. The lowest BCUT2D eigenvalue weighted by Crippen LogP contribution is -2.38. The fourth-order valence-electron chi connectivity index (χ4n) is 5.08. The molecule has 36 heavy (non-hydrogen) atoms. The van der Waals surface area contributed by atoms with Crippen molar-refractivity contribution < 1.29 is 28.5 Å². The van der Waals surface area contributed by atoms with E-state index in [2.05, 4.69) is 13.8 Å². The normalized spacial score (nSPS) is 19.6. The molecule has 0 aromatic rings. The van der Waals surface area contributed by atoms with Crippen LogP contribution in [0.15, 0.2) is 0 Å². The van der Waals surface area contributed by atoms with Gasteiger partial charge in [0.25, 0.3) is 0 Å². The number of carbonyl (C=O) groups is 2. The highest BCUT2D eigenvalue weighted by Gasteiger charge is 2.29. The van der Waals surface area contributed by atoms with E-state index in [4.69, 9.17) is 18.9 Å².